The standard InChI is InChI=1S/C12H9N3O5/c16-8-2-4-10(12(18)6-8)14-13-9-3-1-7(15(19)20)5-11(9)17/h1-6,16-18H. The second kappa shape index (κ2) is 5.22. The van der Waals surface area contributed by atoms with E-state index in [4.69, 9.17) is 5.11 Å². The molecule has 20 heavy (non-hydrogen) atoms. The number of rotatable bonds is 3. The van der Waals surface area contributed by atoms with E-state index in [-0.39, 0.29) is 28.6 Å². The van der Waals surface area contributed by atoms with Crippen LogP contribution in [0.15, 0.2) is 46.6 Å². The molecule has 0 unspecified atom stereocenters. The highest BCUT2D eigenvalue weighted by Gasteiger charge is 2.09. The third-order valence-corrected chi connectivity index (χ3v) is 2.39. The van der Waals surface area contributed by atoms with Crippen LogP contribution in [0.25, 0.3) is 0 Å². The zero-order valence-electron chi connectivity index (χ0n) is 9.96. The molecule has 0 bridgehead atoms. The quantitative estimate of drug-likeness (QED) is 0.450. The van der Waals surface area contributed by atoms with Gasteiger partial charge in [0.25, 0.3) is 5.69 Å². The molecule has 3 N–H and O–H groups in total. The Balaban J connectivity index is 2.29. The highest BCUT2D eigenvalue weighted by atomic mass is 16.6. The molecule has 0 radical (unpaired) electrons. The van der Waals surface area contributed by atoms with Gasteiger partial charge in [-0.3, -0.25) is 10.1 Å². The Kier molecular flexibility index (Phi) is 3.47. The summed E-state index contributed by atoms with van der Waals surface area (Å²) in [6, 6.07) is 7.08. The van der Waals surface area contributed by atoms with E-state index in [2.05, 4.69) is 10.2 Å². The third-order valence-electron chi connectivity index (χ3n) is 2.39. The van der Waals surface area contributed by atoms with Gasteiger partial charge >= 0.3 is 0 Å². The Labute approximate surface area is 112 Å². The van der Waals surface area contributed by atoms with E-state index in [1.165, 1.54) is 24.3 Å². The number of hydrogen-bond acceptors (Lipinski definition) is 7. The lowest BCUT2D eigenvalue weighted by molar-refractivity contribution is -0.384. The molecule has 0 spiro atoms. The zero-order chi connectivity index (χ0) is 14.7. The molecule has 0 aliphatic heterocycles. The molecule has 8 nitrogen and oxygen atoms in total. The third kappa shape index (κ3) is 2.80. The van der Waals surface area contributed by atoms with Crippen LogP contribution >= 0.6 is 0 Å². The molecule has 0 saturated heterocycles. The van der Waals surface area contributed by atoms with E-state index in [0.29, 0.717) is 0 Å². The maximum atomic E-state index is 10.5. The fraction of sp³-hybridized carbons (Fsp3) is 0. The summed E-state index contributed by atoms with van der Waals surface area (Å²) in [6.07, 6.45) is 0. The minimum atomic E-state index is -0.646. The van der Waals surface area contributed by atoms with Crippen LogP contribution in [-0.4, -0.2) is 20.2 Å². The summed E-state index contributed by atoms with van der Waals surface area (Å²) in [5.41, 5.74) is -0.169. The average Bonchev–Trinajstić information content (AvgIpc) is 2.38. The summed E-state index contributed by atoms with van der Waals surface area (Å²) in [5.74, 6) is -0.809. The maximum Gasteiger partial charge on any atom is 0.273 e. The number of phenols is 3. The van der Waals surface area contributed by atoms with Gasteiger partial charge in [-0.2, -0.15) is 0 Å². The van der Waals surface area contributed by atoms with Crippen LogP contribution in [0.2, 0.25) is 0 Å². The number of azo groups is 1. The van der Waals surface area contributed by atoms with Gasteiger partial charge in [-0.25, -0.2) is 0 Å². The summed E-state index contributed by atoms with van der Waals surface area (Å²) >= 11 is 0. The Hall–Kier alpha value is -3.16. The number of benzene rings is 2. The van der Waals surface area contributed by atoms with E-state index in [9.17, 15) is 20.3 Å². The normalized spacial score (nSPS) is 10.8. The molecule has 0 aliphatic carbocycles. The topological polar surface area (TPSA) is 129 Å². The highest BCUT2D eigenvalue weighted by molar-refractivity contribution is 5.57. The van der Waals surface area contributed by atoms with Crippen molar-refractivity contribution in [2.75, 3.05) is 0 Å². The SMILES string of the molecule is O=[N+]([O-])c1ccc(N=Nc2ccc(O)cc2O)c(O)c1. The molecule has 2 aromatic carbocycles. The van der Waals surface area contributed by atoms with Gasteiger partial charge in [0.2, 0.25) is 0 Å². The van der Waals surface area contributed by atoms with Crippen molar-refractivity contribution in [1.82, 2.24) is 0 Å². The first kappa shape index (κ1) is 13.3. The van der Waals surface area contributed by atoms with Crippen LogP contribution in [-0.2, 0) is 0 Å². The first-order valence-corrected chi connectivity index (χ1v) is 5.38. The van der Waals surface area contributed by atoms with Crippen LogP contribution in [0.3, 0.4) is 0 Å². The molecule has 2 aromatic rings. The van der Waals surface area contributed by atoms with Crippen molar-refractivity contribution in [2.24, 2.45) is 10.2 Å². The van der Waals surface area contributed by atoms with E-state index in [1.807, 2.05) is 0 Å². The monoisotopic (exact) mass is 275 g/mol. The lowest BCUT2D eigenvalue weighted by Gasteiger charge is -1.99. The van der Waals surface area contributed by atoms with Crippen LogP contribution in [0, 0.1) is 10.1 Å². The van der Waals surface area contributed by atoms with Gasteiger partial charge in [0.15, 0.2) is 0 Å². The predicted molar refractivity (Wildman–Crippen MR) is 68.7 cm³/mol. The highest BCUT2D eigenvalue weighted by Crippen LogP contribution is 2.34. The van der Waals surface area contributed by atoms with Gasteiger partial charge in [-0.1, -0.05) is 0 Å². The Morgan fingerprint density at radius 2 is 1.45 bits per heavy atom. The fourth-order valence-corrected chi connectivity index (χ4v) is 1.41. The number of non-ortho nitro benzene ring substituents is 1. The molecule has 0 saturated carbocycles. The van der Waals surface area contributed by atoms with Crippen LogP contribution in [0.5, 0.6) is 17.2 Å². The van der Waals surface area contributed by atoms with Gasteiger partial charge in [0, 0.05) is 12.1 Å². The van der Waals surface area contributed by atoms with Crippen molar-refractivity contribution < 1.29 is 20.2 Å². The maximum absolute atomic E-state index is 10.5. The average molecular weight is 275 g/mol. The number of aromatic hydroxyl groups is 3. The Morgan fingerprint density at radius 1 is 0.900 bits per heavy atom. The molecule has 0 atom stereocenters. The molecule has 0 amide bonds. The smallest absolute Gasteiger partial charge is 0.273 e. The minimum absolute atomic E-state index is 0.0167. The van der Waals surface area contributed by atoms with Crippen LogP contribution < -0.4 is 0 Å². The van der Waals surface area contributed by atoms with Gasteiger partial charge in [0.05, 0.1) is 11.0 Å². The Bertz CT molecular complexity index is 699. The second-order valence-corrected chi connectivity index (χ2v) is 3.80. The summed E-state index contributed by atoms with van der Waals surface area (Å²) in [7, 11) is 0. The number of hydrogen-bond donors (Lipinski definition) is 3. The van der Waals surface area contributed by atoms with E-state index < -0.39 is 10.7 Å². The predicted octanol–water partition coefficient (Wildman–Crippen LogP) is 3.13. The summed E-state index contributed by atoms with van der Waals surface area (Å²) in [6.45, 7) is 0. The van der Waals surface area contributed by atoms with Crippen molar-refractivity contribution in [3.8, 4) is 17.2 Å². The van der Waals surface area contributed by atoms with Gasteiger partial charge in [-0.05, 0) is 18.2 Å². The van der Waals surface area contributed by atoms with Gasteiger partial charge in [-0.15, -0.1) is 10.2 Å². The molecule has 0 fully saturated rings. The second-order valence-electron chi connectivity index (χ2n) is 3.80. The van der Waals surface area contributed by atoms with Crippen LogP contribution in [0.1, 0.15) is 0 Å². The molecule has 0 heterocycles. The first-order valence-electron chi connectivity index (χ1n) is 5.38. The van der Waals surface area contributed by atoms with Crippen molar-refractivity contribution in [2.45, 2.75) is 0 Å². The first-order chi connectivity index (χ1) is 9.47. The lowest BCUT2D eigenvalue weighted by Crippen LogP contribution is -1.86. The largest absolute Gasteiger partial charge is 0.508 e. The number of nitro groups is 1. The van der Waals surface area contributed by atoms with Crippen molar-refractivity contribution >= 4 is 17.1 Å². The molecule has 0 aromatic heterocycles. The Morgan fingerprint density at radius 3 is 1.95 bits per heavy atom. The summed E-state index contributed by atoms with van der Waals surface area (Å²) < 4.78 is 0. The zero-order valence-corrected chi connectivity index (χ0v) is 9.96. The van der Waals surface area contributed by atoms with E-state index in [0.717, 1.165) is 12.1 Å². The van der Waals surface area contributed by atoms with Crippen molar-refractivity contribution in [3.63, 3.8) is 0 Å². The van der Waals surface area contributed by atoms with Gasteiger partial charge in [0.1, 0.15) is 28.6 Å². The minimum Gasteiger partial charge on any atom is -0.508 e. The molecule has 2 rings (SSSR count). The molecule has 8 heteroatoms. The number of phenolic OH excluding ortho intramolecular Hbond substituents is 3. The van der Waals surface area contributed by atoms with Crippen molar-refractivity contribution in [1.29, 1.82) is 0 Å². The number of nitro benzene ring substituents is 1. The number of nitrogens with zero attached hydrogens (tertiary/aromatic N) is 3. The molecular weight excluding hydrogens is 266 g/mol. The summed E-state index contributed by atoms with van der Waals surface area (Å²) in [5, 5.41) is 46.0. The molecule has 102 valence electrons. The molecule has 0 aliphatic rings. The van der Waals surface area contributed by atoms with Gasteiger partial charge < -0.3 is 15.3 Å². The van der Waals surface area contributed by atoms with Crippen molar-refractivity contribution in [3.05, 3.63) is 46.5 Å². The summed E-state index contributed by atoms with van der Waals surface area (Å²) in [4.78, 5) is 9.86. The van der Waals surface area contributed by atoms with E-state index in [1.54, 1.807) is 0 Å². The van der Waals surface area contributed by atoms with E-state index >= 15 is 0 Å². The molecular formula is C12H9N3O5. The van der Waals surface area contributed by atoms with Crippen LogP contribution in [0.4, 0.5) is 17.1 Å². The fourth-order valence-electron chi connectivity index (χ4n) is 1.41. The lowest BCUT2D eigenvalue weighted by atomic mass is 10.2.